The molecule has 0 spiro atoms. The largest absolute Gasteiger partial charge is 0.351 e. The van der Waals surface area contributed by atoms with Crippen molar-refractivity contribution in [3.05, 3.63) is 18.2 Å². The fourth-order valence-electron chi connectivity index (χ4n) is 3.30. The molecule has 0 saturated heterocycles. The van der Waals surface area contributed by atoms with Gasteiger partial charge in [0.1, 0.15) is 11.6 Å². The van der Waals surface area contributed by atoms with Crippen molar-refractivity contribution >= 4 is 15.7 Å². The second kappa shape index (κ2) is 5.79. The monoisotopic (exact) mass is 311 g/mol. The van der Waals surface area contributed by atoms with Gasteiger partial charge in [-0.05, 0) is 19.3 Å². The van der Waals surface area contributed by atoms with E-state index in [0.717, 1.165) is 31.5 Å². The van der Waals surface area contributed by atoms with Crippen molar-refractivity contribution in [2.45, 2.75) is 56.4 Å². The lowest BCUT2D eigenvalue weighted by atomic mass is 10.1. The van der Waals surface area contributed by atoms with Crippen LogP contribution in [0.15, 0.2) is 12.4 Å². The molecular formula is C14H21N3O3S. The van der Waals surface area contributed by atoms with Gasteiger partial charge in [0.05, 0.1) is 5.25 Å². The molecule has 116 valence electrons. The van der Waals surface area contributed by atoms with E-state index in [0.29, 0.717) is 19.4 Å². The summed E-state index contributed by atoms with van der Waals surface area (Å²) in [6, 6.07) is -0.00187. The molecule has 0 radical (unpaired) electrons. The number of rotatable bonds is 4. The summed E-state index contributed by atoms with van der Waals surface area (Å²) in [6.45, 7) is 0.671. The Morgan fingerprint density at radius 3 is 2.86 bits per heavy atom. The number of hydrogen-bond acceptors (Lipinski definition) is 4. The molecule has 1 aliphatic heterocycles. The highest BCUT2D eigenvalue weighted by atomic mass is 32.2. The van der Waals surface area contributed by atoms with Gasteiger partial charge in [-0.3, -0.25) is 4.79 Å². The molecule has 1 aromatic rings. The lowest BCUT2D eigenvalue weighted by molar-refractivity contribution is -0.119. The molecule has 2 heterocycles. The number of imidazole rings is 1. The van der Waals surface area contributed by atoms with Gasteiger partial charge in [-0.1, -0.05) is 12.8 Å². The van der Waals surface area contributed by atoms with Gasteiger partial charge in [0.15, 0.2) is 9.84 Å². The molecule has 0 aromatic carbocycles. The molecule has 0 unspecified atom stereocenters. The average Bonchev–Trinajstić information content (AvgIpc) is 3.09. The van der Waals surface area contributed by atoms with Crippen LogP contribution in [-0.4, -0.2) is 40.9 Å². The van der Waals surface area contributed by atoms with Crippen LogP contribution < -0.4 is 5.32 Å². The molecule has 6 nitrogen and oxygen atoms in total. The molecule has 1 saturated carbocycles. The predicted octanol–water partition coefficient (Wildman–Crippen LogP) is 0.671. The third-order valence-electron chi connectivity index (χ3n) is 4.44. The van der Waals surface area contributed by atoms with E-state index >= 15 is 0 Å². The van der Waals surface area contributed by atoms with Gasteiger partial charge in [0, 0.05) is 31.4 Å². The predicted molar refractivity (Wildman–Crippen MR) is 78.5 cm³/mol. The first-order valence-electron chi connectivity index (χ1n) is 7.55. The molecule has 1 N–H and O–H groups in total. The van der Waals surface area contributed by atoms with Crippen molar-refractivity contribution in [2.75, 3.05) is 5.75 Å². The molecule has 7 heteroatoms. The van der Waals surface area contributed by atoms with E-state index in [4.69, 9.17) is 0 Å². The number of hydrogen-bond donors (Lipinski definition) is 1. The van der Waals surface area contributed by atoms with Crippen molar-refractivity contribution in [3.63, 3.8) is 0 Å². The van der Waals surface area contributed by atoms with E-state index in [2.05, 4.69) is 10.3 Å². The van der Waals surface area contributed by atoms with Crippen molar-refractivity contribution in [2.24, 2.45) is 0 Å². The third kappa shape index (κ3) is 3.28. The second-order valence-electron chi connectivity index (χ2n) is 6.01. The van der Waals surface area contributed by atoms with Gasteiger partial charge >= 0.3 is 0 Å². The molecule has 2 aliphatic rings. The van der Waals surface area contributed by atoms with Crippen LogP contribution >= 0.6 is 0 Å². The molecule has 1 aliphatic carbocycles. The van der Waals surface area contributed by atoms with Crippen LogP contribution in [0.25, 0.3) is 0 Å². The van der Waals surface area contributed by atoms with Crippen LogP contribution in [0.2, 0.25) is 0 Å². The van der Waals surface area contributed by atoms with E-state index in [-0.39, 0.29) is 23.0 Å². The second-order valence-corrected chi connectivity index (χ2v) is 8.29. The highest BCUT2D eigenvalue weighted by Crippen LogP contribution is 2.25. The number of amides is 1. The molecular weight excluding hydrogens is 290 g/mol. The smallest absolute Gasteiger partial charge is 0.235 e. The van der Waals surface area contributed by atoms with E-state index in [1.54, 1.807) is 6.20 Å². The zero-order valence-corrected chi connectivity index (χ0v) is 12.8. The number of nitrogens with one attached hydrogen (secondary N) is 1. The van der Waals surface area contributed by atoms with E-state index in [1.165, 1.54) is 0 Å². The lowest BCUT2D eigenvalue weighted by Crippen LogP contribution is -2.44. The minimum Gasteiger partial charge on any atom is -0.351 e. The Kier molecular flexibility index (Phi) is 4.01. The average molecular weight is 311 g/mol. The van der Waals surface area contributed by atoms with Crippen LogP contribution in [0.5, 0.6) is 0 Å². The van der Waals surface area contributed by atoms with Crippen LogP contribution in [0.4, 0.5) is 0 Å². The van der Waals surface area contributed by atoms with E-state index < -0.39 is 9.84 Å². The Labute approximate surface area is 124 Å². The third-order valence-corrected chi connectivity index (χ3v) is 6.59. The van der Waals surface area contributed by atoms with Gasteiger partial charge < -0.3 is 9.88 Å². The Hall–Kier alpha value is -1.37. The molecule has 1 fully saturated rings. The first-order valence-corrected chi connectivity index (χ1v) is 9.27. The number of sulfone groups is 1. The summed E-state index contributed by atoms with van der Waals surface area (Å²) >= 11 is 0. The fourth-order valence-corrected chi connectivity index (χ4v) is 5.04. The number of carbonyl (C=O) groups is 1. The first-order chi connectivity index (χ1) is 10.0. The van der Waals surface area contributed by atoms with Crippen molar-refractivity contribution in [1.29, 1.82) is 0 Å². The fraction of sp³-hybridized carbons (Fsp3) is 0.714. The number of nitrogens with zero attached hydrogens (tertiary/aromatic N) is 2. The van der Waals surface area contributed by atoms with Gasteiger partial charge in [-0.25, -0.2) is 13.4 Å². The highest BCUT2D eigenvalue weighted by molar-refractivity contribution is 7.92. The van der Waals surface area contributed by atoms with Gasteiger partial charge in [-0.2, -0.15) is 0 Å². The number of aromatic nitrogens is 2. The molecule has 1 aromatic heterocycles. The van der Waals surface area contributed by atoms with Crippen molar-refractivity contribution in [3.8, 4) is 0 Å². The summed E-state index contributed by atoms with van der Waals surface area (Å²) in [5, 5.41) is 2.55. The SMILES string of the molecule is O=C(CS(=O)(=O)C1CCCC1)N[C@@H]1CCc2nccn2C1. The molecule has 21 heavy (non-hydrogen) atoms. The van der Waals surface area contributed by atoms with Crippen LogP contribution in [0.1, 0.15) is 37.9 Å². The van der Waals surface area contributed by atoms with E-state index in [9.17, 15) is 13.2 Å². The Morgan fingerprint density at radius 1 is 1.33 bits per heavy atom. The maximum atomic E-state index is 12.2. The lowest BCUT2D eigenvalue weighted by Gasteiger charge is -2.25. The van der Waals surface area contributed by atoms with Gasteiger partial charge in [0.2, 0.25) is 5.91 Å². The summed E-state index contributed by atoms with van der Waals surface area (Å²) in [5.74, 6) is 0.292. The van der Waals surface area contributed by atoms with E-state index in [1.807, 2.05) is 10.8 Å². The minimum absolute atomic E-state index is 0.00187. The first kappa shape index (κ1) is 14.6. The van der Waals surface area contributed by atoms with Crippen LogP contribution in [0.3, 0.4) is 0 Å². The zero-order valence-electron chi connectivity index (χ0n) is 12.0. The van der Waals surface area contributed by atoms with Gasteiger partial charge in [-0.15, -0.1) is 0 Å². The quantitative estimate of drug-likeness (QED) is 0.886. The van der Waals surface area contributed by atoms with Gasteiger partial charge in [0.25, 0.3) is 0 Å². The standard InChI is InChI=1S/C14H21N3O3S/c18-14(10-21(19,20)12-3-1-2-4-12)16-11-5-6-13-15-7-8-17(13)9-11/h7-8,11-12H,1-6,9-10H2,(H,16,18)/t11-/m1/s1. The van der Waals surface area contributed by atoms with Crippen LogP contribution in [0, 0.1) is 0 Å². The number of aryl methyl sites for hydroxylation is 1. The normalized spacial score (nSPS) is 23.0. The minimum atomic E-state index is -3.29. The Morgan fingerprint density at radius 2 is 2.10 bits per heavy atom. The topological polar surface area (TPSA) is 81.1 Å². The zero-order chi connectivity index (χ0) is 14.9. The Bertz CT molecular complexity index is 617. The highest BCUT2D eigenvalue weighted by Gasteiger charge is 2.31. The maximum Gasteiger partial charge on any atom is 0.235 e. The number of carbonyl (C=O) groups excluding carboxylic acids is 1. The van der Waals surface area contributed by atoms with Crippen molar-refractivity contribution < 1.29 is 13.2 Å². The number of fused-ring (bicyclic) bond motifs is 1. The van der Waals surface area contributed by atoms with Crippen LogP contribution in [-0.2, 0) is 27.6 Å². The Balaban J connectivity index is 1.55. The molecule has 1 amide bonds. The summed E-state index contributed by atoms with van der Waals surface area (Å²) in [7, 11) is -3.29. The molecule has 3 rings (SSSR count). The molecule has 0 bridgehead atoms. The van der Waals surface area contributed by atoms with Crippen molar-refractivity contribution in [1.82, 2.24) is 14.9 Å². The maximum absolute atomic E-state index is 12.2. The summed E-state index contributed by atoms with van der Waals surface area (Å²) in [6.07, 6.45) is 8.59. The summed E-state index contributed by atoms with van der Waals surface area (Å²) in [4.78, 5) is 16.3. The molecule has 1 atom stereocenters. The summed E-state index contributed by atoms with van der Waals surface area (Å²) in [5.41, 5.74) is 0. The summed E-state index contributed by atoms with van der Waals surface area (Å²) < 4.78 is 26.3.